The maximum absolute atomic E-state index is 14.2. The summed E-state index contributed by atoms with van der Waals surface area (Å²) in [6.45, 7) is 3.71. The van der Waals surface area contributed by atoms with Crippen molar-refractivity contribution in [2.75, 3.05) is 4.90 Å². The highest BCUT2D eigenvalue weighted by Crippen LogP contribution is 2.32. The van der Waals surface area contributed by atoms with Gasteiger partial charge in [-0.3, -0.25) is 14.5 Å². The Balaban J connectivity index is 1.81. The van der Waals surface area contributed by atoms with E-state index in [0.29, 0.717) is 21.9 Å². The summed E-state index contributed by atoms with van der Waals surface area (Å²) in [7, 11) is 0. The van der Waals surface area contributed by atoms with Crippen LogP contribution in [0.3, 0.4) is 0 Å². The van der Waals surface area contributed by atoms with Crippen molar-refractivity contribution in [3.63, 3.8) is 0 Å². The number of nitrogens with zero attached hydrogens (tertiary/aromatic N) is 2. The molecule has 0 unspecified atom stereocenters. The molecule has 0 fully saturated rings. The summed E-state index contributed by atoms with van der Waals surface area (Å²) < 4.78 is 19.5. The molecule has 33 heavy (non-hydrogen) atoms. The van der Waals surface area contributed by atoms with Crippen LogP contribution in [-0.4, -0.2) is 16.8 Å². The smallest absolute Gasteiger partial charge is 0.271 e. The summed E-state index contributed by atoms with van der Waals surface area (Å²) in [6, 6.07) is 17.0. The predicted octanol–water partition coefficient (Wildman–Crippen LogP) is 5.20. The number of thiazole rings is 1. The van der Waals surface area contributed by atoms with Gasteiger partial charge in [-0.2, -0.15) is 0 Å². The molecule has 2 aromatic carbocycles. The molecule has 0 aliphatic rings. The Morgan fingerprint density at radius 2 is 1.88 bits per heavy atom. The number of anilines is 1. The van der Waals surface area contributed by atoms with Crippen molar-refractivity contribution in [2.24, 2.45) is 0 Å². The van der Waals surface area contributed by atoms with Crippen molar-refractivity contribution in [3.05, 3.63) is 106 Å². The number of carbonyl (C=O) groups is 2. The number of rotatable bonds is 7. The number of furan rings is 1. The quantitative estimate of drug-likeness (QED) is 0.409. The van der Waals surface area contributed by atoms with Crippen molar-refractivity contribution in [3.8, 4) is 0 Å². The molecule has 0 saturated heterocycles. The molecule has 0 bridgehead atoms. The third kappa shape index (κ3) is 5.01. The molecular formula is C25H22FN3O3S. The monoisotopic (exact) mass is 463 g/mol. The van der Waals surface area contributed by atoms with Crippen LogP contribution in [-0.2, 0) is 11.3 Å². The highest BCUT2D eigenvalue weighted by atomic mass is 32.1. The first kappa shape index (κ1) is 22.4. The average molecular weight is 464 g/mol. The van der Waals surface area contributed by atoms with E-state index in [1.165, 1.54) is 40.7 Å². The number of benzene rings is 2. The summed E-state index contributed by atoms with van der Waals surface area (Å²) in [5.41, 5.74) is 1.42. The minimum Gasteiger partial charge on any atom is -0.467 e. The predicted molar refractivity (Wildman–Crippen MR) is 125 cm³/mol. The number of amides is 2. The van der Waals surface area contributed by atoms with Gasteiger partial charge in [0, 0.05) is 5.69 Å². The number of hydrogen-bond acceptors (Lipinski definition) is 5. The SMILES string of the molecule is Cc1nc(C)c(C(=O)N(c2cccc(F)c2)[C@H](C(=O)NCc2ccco2)c2ccccc2)s1. The van der Waals surface area contributed by atoms with Gasteiger partial charge in [0.1, 0.15) is 22.5 Å². The fraction of sp³-hybridized carbons (Fsp3) is 0.160. The van der Waals surface area contributed by atoms with E-state index in [-0.39, 0.29) is 12.2 Å². The molecule has 8 heteroatoms. The van der Waals surface area contributed by atoms with Gasteiger partial charge in [0.2, 0.25) is 5.91 Å². The lowest BCUT2D eigenvalue weighted by Crippen LogP contribution is -2.44. The van der Waals surface area contributed by atoms with Crippen LogP contribution < -0.4 is 10.2 Å². The van der Waals surface area contributed by atoms with E-state index >= 15 is 0 Å². The van der Waals surface area contributed by atoms with Gasteiger partial charge in [0.25, 0.3) is 5.91 Å². The van der Waals surface area contributed by atoms with Crippen molar-refractivity contribution in [1.82, 2.24) is 10.3 Å². The van der Waals surface area contributed by atoms with Crippen LogP contribution in [0.4, 0.5) is 10.1 Å². The van der Waals surface area contributed by atoms with Crippen LogP contribution in [0.1, 0.15) is 37.7 Å². The molecule has 2 heterocycles. The molecule has 6 nitrogen and oxygen atoms in total. The van der Waals surface area contributed by atoms with Gasteiger partial charge in [-0.25, -0.2) is 9.37 Å². The van der Waals surface area contributed by atoms with Crippen LogP contribution in [0.5, 0.6) is 0 Å². The summed E-state index contributed by atoms with van der Waals surface area (Å²) in [5, 5.41) is 3.57. The molecule has 4 rings (SSSR count). The molecule has 0 aliphatic heterocycles. The number of halogens is 1. The molecule has 1 N–H and O–H groups in total. The van der Waals surface area contributed by atoms with Gasteiger partial charge in [0.05, 0.1) is 23.5 Å². The van der Waals surface area contributed by atoms with Crippen LogP contribution in [0.15, 0.2) is 77.4 Å². The lowest BCUT2D eigenvalue weighted by Gasteiger charge is -2.31. The Morgan fingerprint density at radius 3 is 2.52 bits per heavy atom. The fourth-order valence-electron chi connectivity index (χ4n) is 3.59. The number of nitrogens with one attached hydrogen (secondary N) is 1. The highest BCUT2D eigenvalue weighted by molar-refractivity contribution is 7.13. The lowest BCUT2D eigenvalue weighted by molar-refractivity contribution is -0.122. The van der Waals surface area contributed by atoms with Crippen LogP contribution >= 0.6 is 11.3 Å². The third-order valence-corrected chi connectivity index (χ3v) is 6.10. The zero-order valence-electron chi connectivity index (χ0n) is 18.1. The van der Waals surface area contributed by atoms with Crippen LogP contribution in [0, 0.1) is 19.7 Å². The fourth-order valence-corrected chi connectivity index (χ4v) is 4.44. The van der Waals surface area contributed by atoms with Crippen molar-refractivity contribution in [2.45, 2.75) is 26.4 Å². The van der Waals surface area contributed by atoms with Gasteiger partial charge in [0.15, 0.2) is 0 Å². The van der Waals surface area contributed by atoms with E-state index < -0.39 is 23.7 Å². The number of aryl methyl sites for hydroxylation is 2. The number of hydrogen-bond donors (Lipinski definition) is 1. The molecule has 0 radical (unpaired) electrons. The minimum atomic E-state index is -1.04. The molecule has 168 valence electrons. The minimum absolute atomic E-state index is 0.152. The maximum Gasteiger partial charge on any atom is 0.271 e. The molecular weight excluding hydrogens is 441 g/mol. The molecule has 4 aromatic rings. The molecule has 2 aromatic heterocycles. The first-order valence-corrected chi connectivity index (χ1v) is 11.1. The maximum atomic E-state index is 14.2. The Bertz CT molecular complexity index is 1260. The largest absolute Gasteiger partial charge is 0.467 e. The summed E-state index contributed by atoms with van der Waals surface area (Å²) in [5.74, 6) is -0.780. The second kappa shape index (κ2) is 9.79. The van der Waals surface area contributed by atoms with Gasteiger partial charge < -0.3 is 9.73 Å². The number of carbonyl (C=O) groups excluding carboxylic acids is 2. The van der Waals surface area contributed by atoms with Crippen molar-refractivity contribution >= 4 is 28.8 Å². The van der Waals surface area contributed by atoms with Gasteiger partial charge >= 0.3 is 0 Å². The zero-order chi connectivity index (χ0) is 23.4. The van der Waals surface area contributed by atoms with E-state index in [2.05, 4.69) is 10.3 Å². The lowest BCUT2D eigenvalue weighted by atomic mass is 10.0. The third-order valence-electron chi connectivity index (χ3n) is 5.04. The van der Waals surface area contributed by atoms with E-state index in [4.69, 9.17) is 4.42 Å². The first-order chi connectivity index (χ1) is 15.9. The zero-order valence-corrected chi connectivity index (χ0v) is 18.9. The van der Waals surface area contributed by atoms with Crippen LogP contribution in [0.25, 0.3) is 0 Å². The standard InChI is InChI=1S/C25H22FN3O3S/c1-16-23(33-17(2)28-16)25(31)29(20-11-6-10-19(26)14-20)22(18-8-4-3-5-9-18)24(30)27-15-21-12-7-13-32-21/h3-14,22H,15H2,1-2H3,(H,27,30)/t22-/m0/s1. The molecule has 0 aliphatic carbocycles. The van der Waals surface area contributed by atoms with Crippen molar-refractivity contribution in [1.29, 1.82) is 0 Å². The number of aromatic nitrogens is 1. The molecule has 0 spiro atoms. The van der Waals surface area contributed by atoms with E-state index in [1.807, 2.05) is 13.0 Å². The first-order valence-electron chi connectivity index (χ1n) is 10.3. The Labute approximate surface area is 194 Å². The normalized spacial score (nSPS) is 11.7. The second-order valence-electron chi connectivity index (χ2n) is 7.41. The Hall–Kier alpha value is -3.78. The molecule has 1 atom stereocenters. The Kier molecular flexibility index (Phi) is 6.65. The van der Waals surface area contributed by atoms with Crippen molar-refractivity contribution < 1.29 is 18.4 Å². The average Bonchev–Trinajstić information content (AvgIpc) is 3.45. The highest BCUT2D eigenvalue weighted by Gasteiger charge is 2.35. The summed E-state index contributed by atoms with van der Waals surface area (Å²) >= 11 is 1.24. The second-order valence-corrected chi connectivity index (χ2v) is 8.62. The van der Waals surface area contributed by atoms with E-state index in [1.54, 1.807) is 49.4 Å². The summed E-state index contributed by atoms with van der Waals surface area (Å²) in [6.07, 6.45) is 1.52. The van der Waals surface area contributed by atoms with Gasteiger partial charge in [-0.1, -0.05) is 36.4 Å². The molecule has 0 saturated carbocycles. The molecule has 2 amide bonds. The van der Waals surface area contributed by atoms with E-state index in [0.717, 1.165) is 5.01 Å². The topological polar surface area (TPSA) is 75.4 Å². The van der Waals surface area contributed by atoms with Gasteiger partial charge in [-0.15, -0.1) is 11.3 Å². The van der Waals surface area contributed by atoms with Crippen LogP contribution in [0.2, 0.25) is 0 Å². The van der Waals surface area contributed by atoms with E-state index in [9.17, 15) is 14.0 Å². The summed E-state index contributed by atoms with van der Waals surface area (Å²) in [4.78, 5) is 33.4. The van der Waals surface area contributed by atoms with Gasteiger partial charge in [-0.05, 0) is 49.7 Å². The Morgan fingerprint density at radius 1 is 1.09 bits per heavy atom.